The van der Waals surface area contributed by atoms with Crippen LogP contribution in [0, 0.1) is 0 Å². The number of carboxylic acid groups (broad SMARTS) is 1. The molecule has 118 valence electrons. The lowest BCUT2D eigenvalue weighted by Crippen LogP contribution is -2.24. The SMILES string of the molecule is CC(C)n1ccn(-c2ccc(C(C)(C)CC(=O)O)cc2)c1=O. The summed E-state index contributed by atoms with van der Waals surface area (Å²) >= 11 is 0. The maximum absolute atomic E-state index is 12.3. The van der Waals surface area contributed by atoms with Crippen molar-refractivity contribution >= 4 is 5.97 Å². The van der Waals surface area contributed by atoms with E-state index in [9.17, 15) is 9.59 Å². The number of benzene rings is 1. The highest BCUT2D eigenvalue weighted by molar-refractivity contribution is 5.68. The molecule has 2 aromatic rings. The minimum atomic E-state index is -0.820. The first kappa shape index (κ1) is 16.1. The molecule has 0 aliphatic carbocycles. The molecule has 0 saturated carbocycles. The van der Waals surface area contributed by atoms with Crippen LogP contribution in [0.15, 0.2) is 41.5 Å². The number of imidazole rings is 1. The fraction of sp³-hybridized carbons (Fsp3) is 0.412. The maximum atomic E-state index is 12.3. The molecule has 5 heteroatoms. The quantitative estimate of drug-likeness (QED) is 0.923. The van der Waals surface area contributed by atoms with Gasteiger partial charge in [-0.25, -0.2) is 4.79 Å². The van der Waals surface area contributed by atoms with Crippen LogP contribution >= 0.6 is 0 Å². The Kier molecular flexibility index (Phi) is 4.26. The average Bonchev–Trinajstić information content (AvgIpc) is 2.79. The number of carbonyl (C=O) groups is 1. The van der Waals surface area contributed by atoms with Gasteiger partial charge in [-0.3, -0.25) is 13.9 Å². The normalized spacial score (nSPS) is 11.9. The second kappa shape index (κ2) is 5.83. The van der Waals surface area contributed by atoms with Gasteiger partial charge in [0, 0.05) is 23.9 Å². The molecule has 0 aliphatic heterocycles. The smallest absolute Gasteiger partial charge is 0.332 e. The summed E-state index contributed by atoms with van der Waals surface area (Å²) < 4.78 is 3.26. The Bertz CT molecular complexity index is 721. The molecule has 0 spiro atoms. The van der Waals surface area contributed by atoms with Gasteiger partial charge >= 0.3 is 11.7 Å². The van der Waals surface area contributed by atoms with Crippen LogP contribution in [-0.2, 0) is 10.2 Å². The number of aromatic nitrogens is 2. The van der Waals surface area contributed by atoms with Gasteiger partial charge in [-0.2, -0.15) is 0 Å². The second-order valence-electron chi connectivity index (χ2n) is 6.45. The Morgan fingerprint density at radius 3 is 2.23 bits per heavy atom. The molecule has 0 unspecified atom stereocenters. The van der Waals surface area contributed by atoms with Gasteiger partial charge in [-0.05, 0) is 31.5 Å². The lowest BCUT2D eigenvalue weighted by molar-refractivity contribution is -0.138. The van der Waals surface area contributed by atoms with Gasteiger partial charge in [0.05, 0.1) is 12.1 Å². The number of rotatable bonds is 5. The minimum absolute atomic E-state index is 0.0655. The Hall–Kier alpha value is -2.30. The summed E-state index contributed by atoms with van der Waals surface area (Å²) in [5.74, 6) is -0.820. The first-order valence-corrected chi connectivity index (χ1v) is 7.34. The summed E-state index contributed by atoms with van der Waals surface area (Å²) in [6.07, 6.45) is 3.59. The summed E-state index contributed by atoms with van der Waals surface area (Å²) in [6, 6.07) is 7.59. The van der Waals surface area contributed by atoms with Crippen molar-refractivity contribution < 1.29 is 9.90 Å². The van der Waals surface area contributed by atoms with E-state index < -0.39 is 11.4 Å². The second-order valence-corrected chi connectivity index (χ2v) is 6.45. The van der Waals surface area contributed by atoms with Gasteiger partial charge in [0.1, 0.15) is 0 Å². The monoisotopic (exact) mass is 302 g/mol. The maximum Gasteiger partial charge on any atom is 0.332 e. The van der Waals surface area contributed by atoms with Crippen LogP contribution in [0.1, 0.15) is 45.7 Å². The van der Waals surface area contributed by atoms with Gasteiger partial charge in [-0.15, -0.1) is 0 Å². The van der Waals surface area contributed by atoms with E-state index in [1.54, 1.807) is 21.5 Å². The first-order chi connectivity index (χ1) is 10.2. The van der Waals surface area contributed by atoms with Gasteiger partial charge in [-0.1, -0.05) is 26.0 Å². The molecule has 2 rings (SSSR count). The minimum Gasteiger partial charge on any atom is -0.481 e. The summed E-state index contributed by atoms with van der Waals surface area (Å²) in [5.41, 5.74) is 1.20. The van der Waals surface area contributed by atoms with Gasteiger partial charge < -0.3 is 5.11 Å². The molecule has 1 aromatic heterocycles. The predicted molar refractivity (Wildman–Crippen MR) is 85.7 cm³/mol. The standard InChI is InChI=1S/C17H22N2O3/c1-12(2)18-9-10-19(16(18)22)14-7-5-13(6-8-14)17(3,4)11-15(20)21/h5-10,12H,11H2,1-4H3,(H,20,21). The predicted octanol–water partition coefficient (Wildman–Crippen LogP) is 2.97. The van der Waals surface area contributed by atoms with Crippen molar-refractivity contribution in [1.82, 2.24) is 9.13 Å². The Morgan fingerprint density at radius 2 is 1.77 bits per heavy atom. The Labute approximate surface area is 129 Å². The largest absolute Gasteiger partial charge is 0.481 e. The third-order valence-corrected chi connectivity index (χ3v) is 3.88. The van der Waals surface area contributed by atoms with Gasteiger partial charge in [0.2, 0.25) is 0 Å². The third-order valence-electron chi connectivity index (χ3n) is 3.88. The molecule has 0 aliphatic rings. The average molecular weight is 302 g/mol. The molecule has 0 radical (unpaired) electrons. The van der Waals surface area contributed by atoms with Crippen LogP contribution in [0.5, 0.6) is 0 Å². The van der Waals surface area contributed by atoms with Crippen LogP contribution in [-0.4, -0.2) is 20.2 Å². The number of hydrogen-bond acceptors (Lipinski definition) is 2. The summed E-state index contributed by atoms with van der Waals surface area (Å²) in [7, 11) is 0. The lowest BCUT2D eigenvalue weighted by Gasteiger charge is -2.23. The van der Waals surface area contributed by atoms with Crippen molar-refractivity contribution in [3.05, 3.63) is 52.7 Å². The van der Waals surface area contributed by atoms with E-state index in [1.807, 2.05) is 52.0 Å². The molecule has 0 bridgehead atoms. The zero-order valence-corrected chi connectivity index (χ0v) is 13.4. The molecule has 0 amide bonds. The van der Waals surface area contributed by atoms with Crippen molar-refractivity contribution in [3.8, 4) is 5.69 Å². The van der Waals surface area contributed by atoms with E-state index in [4.69, 9.17) is 5.11 Å². The van der Waals surface area contributed by atoms with Gasteiger partial charge in [0.15, 0.2) is 0 Å². The molecular formula is C17H22N2O3. The van der Waals surface area contributed by atoms with Crippen molar-refractivity contribution in [1.29, 1.82) is 0 Å². The van der Waals surface area contributed by atoms with E-state index in [1.165, 1.54) is 0 Å². The van der Waals surface area contributed by atoms with Crippen LogP contribution in [0.4, 0.5) is 0 Å². The topological polar surface area (TPSA) is 64.2 Å². The fourth-order valence-electron chi connectivity index (χ4n) is 2.53. The van der Waals surface area contributed by atoms with Crippen molar-refractivity contribution in [2.24, 2.45) is 0 Å². The van der Waals surface area contributed by atoms with Crippen molar-refractivity contribution in [3.63, 3.8) is 0 Å². The Balaban J connectivity index is 2.34. The highest BCUT2D eigenvalue weighted by Crippen LogP contribution is 2.27. The number of aliphatic carboxylic acids is 1. The van der Waals surface area contributed by atoms with Crippen LogP contribution in [0.25, 0.3) is 5.69 Å². The molecule has 0 atom stereocenters. The lowest BCUT2D eigenvalue weighted by atomic mass is 9.81. The van der Waals surface area contributed by atoms with Crippen LogP contribution < -0.4 is 5.69 Å². The Morgan fingerprint density at radius 1 is 1.18 bits per heavy atom. The summed E-state index contributed by atoms with van der Waals surface area (Å²) in [5, 5.41) is 8.99. The number of carboxylic acids is 1. The molecule has 1 heterocycles. The molecule has 0 fully saturated rings. The van der Waals surface area contributed by atoms with Crippen LogP contribution in [0.2, 0.25) is 0 Å². The van der Waals surface area contributed by atoms with Crippen LogP contribution in [0.3, 0.4) is 0 Å². The first-order valence-electron chi connectivity index (χ1n) is 7.34. The van der Waals surface area contributed by atoms with E-state index in [0.29, 0.717) is 0 Å². The third kappa shape index (κ3) is 3.13. The van der Waals surface area contributed by atoms with Gasteiger partial charge in [0.25, 0.3) is 0 Å². The highest BCUT2D eigenvalue weighted by atomic mass is 16.4. The summed E-state index contributed by atoms with van der Waals surface area (Å²) in [6.45, 7) is 7.72. The molecule has 5 nitrogen and oxygen atoms in total. The molecule has 1 N–H and O–H groups in total. The number of hydrogen-bond donors (Lipinski definition) is 1. The fourth-order valence-corrected chi connectivity index (χ4v) is 2.53. The zero-order chi connectivity index (χ0) is 16.5. The van der Waals surface area contributed by atoms with E-state index in [2.05, 4.69) is 0 Å². The molecule has 22 heavy (non-hydrogen) atoms. The highest BCUT2D eigenvalue weighted by Gasteiger charge is 2.24. The molecular weight excluding hydrogens is 280 g/mol. The van der Waals surface area contributed by atoms with Crippen molar-refractivity contribution in [2.45, 2.75) is 45.6 Å². The number of nitrogens with zero attached hydrogens (tertiary/aromatic N) is 2. The molecule has 1 aromatic carbocycles. The zero-order valence-electron chi connectivity index (χ0n) is 13.4. The van der Waals surface area contributed by atoms with E-state index in [0.717, 1.165) is 11.3 Å². The van der Waals surface area contributed by atoms with E-state index >= 15 is 0 Å². The van der Waals surface area contributed by atoms with E-state index in [-0.39, 0.29) is 18.2 Å². The summed E-state index contributed by atoms with van der Waals surface area (Å²) in [4.78, 5) is 23.2. The molecule has 0 saturated heterocycles. The van der Waals surface area contributed by atoms with Crippen molar-refractivity contribution in [2.75, 3.05) is 0 Å².